The SMILES string of the molecule is COc1ccc(-c2ccc(Cn3c(CC(C)(C)C(=O)O)c(SC(C)(C)C)c4cc(OCc5cccc(OC)n5)ccc43)cc2)cn1. The Morgan fingerprint density at radius 2 is 1.61 bits per heavy atom. The Kier molecular flexibility index (Phi) is 9.63. The van der Waals surface area contributed by atoms with Gasteiger partial charge in [-0.25, -0.2) is 9.97 Å². The summed E-state index contributed by atoms with van der Waals surface area (Å²) in [7, 11) is 3.20. The van der Waals surface area contributed by atoms with Gasteiger partial charge in [-0.15, -0.1) is 11.8 Å². The summed E-state index contributed by atoms with van der Waals surface area (Å²) in [5.74, 6) is 0.998. The number of carboxylic acid groups (broad SMARTS) is 1. The molecule has 0 bridgehead atoms. The second-order valence-electron chi connectivity index (χ2n) is 12.9. The van der Waals surface area contributed by atoms with Crippen molar-refractivity contribution in [2.24, 2.45) is 5.41 Å². The van der Waals surface area contributed by atoms with E-state index in [0.717, 1.165) is 43.9 Å². The summed E-state index contributed by atoms with van der Waals surface area (Å²) in [6.45, 7) is 11.0. The Hall–Kier alpha value is -4.50. The molecule has 0 spiro atoms. The van der Waals surface area contributed by atoms with Crippen molar-refractivity contribution in [3.8, 4) is 28.6 Å². The van der Waals surface area contributed by atoms with Gasteiger partial charge in [-0.2, -0.15) is 0 Å². The standard InChI is InChI=1S/C37H41N3O5S/c1-36(2,3)46-34-29-19-28(45-23-27-9-8-10-33(39-27)44-7)16-17-30(29)40(31(34)20-37(4,5)35(41)42)22-24-11-13-25(14-12-24)26-15-18-32(43-6)38-21-26/h8-19,21H,20,22-23H2,1-7H3,(H,41,42). The molecule has 46 heavy (non-hydrogen) atoms. The molecule has 0 aliphatic rings. The van der Waals surface area contributed by atoms with Crippen LogP contribution < -0.4 is 14.2 Å². The number of aromatic nitrogens is 3. The van der Waals surface area contributed by atoms with Crippen LogP contribution in [0.3, 0.4) is 0 Å². The number of hydrogen-bond donors (Lipinski definition) is 1. The van der Waals surface area contributed by atoms with Crippen molar-refractivity contribution in [3.63, 3.8) is 0 Å². The van der Waals surface area contributed by atoms with Crippen LogP contribution >= 0.6 is 11.8 Å². The molecule has 9 heteroatoms. The van der Waals surface area contributed by atoms with Crippen LogP contribution in [-0.2, 0) is 24.4 Å². The van der Waals surface area contributed by atoms with Crippen LogP contribution in [0.2, 0.25) is 0 Å². The minimum absolute atomic E-state index is 0.114. The fourth-order valence-electron chi connectivity index (χ4n) is 5.18. The molecule has 5 rings (SSSR count). The summed E-state index contributed by atoms with van der Waals surface area (Å²) in [4.78, 5) is 22.3. The van der Waals surface area contributed by atoms with E-state index < -0.39 is 11.4 Å². The Morgan fingerprint density at radius 1 is 0.891 bits per heavy atom. The first-order chi connectivity index (χ1) is 21.9. The van der Waals surface area contributed by atoms with Crippen LogP contribution in [0.25, 0.3) is 22.0 Å². The molecule has 8 nitrogen and oxygen atoms in total. The van der Waals surface area contributed by atoms with Gasteiger partial charge in [0.25, 0.3) is 0 Å². The first-order valence-electron chi connectivity index (χ1n) is 15.2. The minimum atomic E-state index is -0.970. The monoisotopic (exact) mass is 639 g/mol. The van der Waals surface area contributed by atoms with Crippen LogP contribution in [0, 0.1) is 5.41 Å². The normalized spacial score (nSPS) is 11.9. The summed E-state index contributed by atoms with van der Waals surface area (Å²) < 4.78 is 18.8. The number of aliphatic carboxylic acids is 1. The lowest BCUT2D eigenvalue weighted by atomic mass is 9.88. The highest BCUT2D eigenvalue weighted by Gasteiger charge is 2.33. The first kappa shape index (κ1) is 32.9. The molecular weight excluding hydrogens is 598 g/mol. The largest absolute Gasteiger partial charge is 0.487 e. The van der Waals surface area contributed by atoms with Gasteiger partial charge in [0.1, 0.15) is 12.4 Å². The lowest BCUT2D eigenvalue weighted by molar-refractivity contribution is -0.146. The van der Waals surface area contributed by atoms with Crippen LogP contribution in [0.1, 0.15) is 51.6 Å². The van der Waals surface area contributed by atoms with Crippen molar-refractivity contribution in [2.75, 3.05) is 14.2 Å². The van der Waals surface area contributed by atoms with Crippen LogP contribution in [-0.4, -0.2) is 44.6 Å². The van der Waals surface area contributed by atoms with Gasteiger partial charge in [-0.3, -0.25) is 4.79 Å². The maximum absolute atomic E-state index is 12.4. The lowest BCUT2D eigenvalue weighted by Crippen LogP contribution is -2.28. The van der Waals surface area contributed by atoms with Gasteiger partial charge >= 0.3 is 5.97 Å². The van der Waals surface area contributed by atoms with E-state index in [-0.39, 0.29) is 4.75 Å². The zero-order chi connectivity index (χ0) is 33.1. The van der Waals surface area contributed by atoms with Crippen molar-refractivity contribution in [2.45, 2.75) is 63.8 Å². The number of nitrogens with zero attached hydrogens (tertiary/aromatic N) is 3. The van der Waals surface area contributed by atoms with Gasteiger partial charge in [-0.05, 0) is 55.3 Å². The predicted octanol–water partition coefficient (Wildman–Crippen LogP) is 8.29. The molecule has 1 N–H and O–H groups in total. The summed E-state index contributed by atoms with van der Waals surface area (Å²) in [6.07, 6.45) is 2.17. The van der Waals surface area contributed by atoms with E-state index in [1.54, 1.807) is 52.1 Å². The molecule has 0 radical (unpaired) electrons. The zero-order valence-electron chi connectivity index (χ0n) is 27.5. The summed E-state index contributed by atoms with van der Waals surface area (Å²) in [5, 5.41) is 11.2. The highest BCUT2D eigenvalue weighted by molar-refractivity contribution is 8.00. The molecule has 0 unspecified atom stereocenters. The fraction of sp³-hybridized carbons (Fsp3) is 0.324. The maximum atomic E-state index is 12.4. The molecule has 0 amide bonds. The average Bonchev–Trinajstić information content (AvgIpc) is 3.29. The van der Waals surface area contributed by atoms with Crippen molar-refractivity contribution in [3.05, 3.63) is 95.9 Å². The number of fused-ring (bicyclic) bond motifs is 1. The van der Waals surface area contributed by atoms with Crippen LogP contribution in [0.15, 0.2) is 83.9 Å². The second-order valence-corrected chi connectivity index (χ2v) is 14.7. The third-order valence-electron chi connectivity index (χ3n) is 7.64. The number of ether oxygens (including phenoxy) is 3. The third-order valence-corrected chi connectivity index (χ3v) is 8.91. The van der Waals surface area contributed by atoms with E-state index in [1.165, 1.54) is 0 Å². The molecule has 5 aromatic rings. The van der Waals surface area contributed by atoms with Crippen molar-refractivity contribution in [1.29, 1.82) is 0 Å². The minimum Gasteiger partial charge on any atom is -0.487 e. The fourth-order valence-corrected chi connectivity index (χ4v) is 6.37. The smallest absolute Gasteiger partial charge is 0.309 e. The molecule has 3 heterocycles. The average molecular weight is 640 g/mol. The Balaban J connectivity index is 1.56. The number of rotatable bonds is 12. The number of hydrogen-bond acceptors (Lipinski definition) is 7. The van der Waals surface area contributed by atoms with Gasteiger partial charge in [0, 0.05) is 63.1 Å². The highest BCUT2D eigenvalue weighted by Crippen LogP contribution is 2.44. The Bertz CT molecular complexity index is 1820. The maximum Gasteiger partial charge on any atom is 0.309 e. The molecule has 0 aliphatic heterocycles. The second kappa shape index (κ2) is 13.5. The number of pyridine rings is 2. The molecule has 2 aromatic carbocycles. The molecule has 0 fully saturated rings. The lowest BCUT2D eigenvalue weighted by Gasteiger charge is -2.24. The van der Waals surface area contributed by atoms with Crippen LogP contribution in [0.5, 0.6) is 17.5 Å². The quantitative estimate of drug-likeness (QED) is 0.136. The Labute approximate surface area is 274 Å². The van der Waals surface area contributed by atoms with E-state index in [4.69, 9.17) is 14.2 Å². The highest BCUT2D eigenvalue weighted by atomic mass is 32.2. The van der Waals surface area contributed by atoms with E-state index in [1.807, 2.05) is 30.3 Å². The molecule has 0 saturated heterocycles. The summed E-state index contributed by atoms with van der Waals surface area (Å²) in [5.41, 5.74) is 4.98. The first-order valence-corrected chi connectivity index (χ1v) is 16.0. The van der Waals surface area contributed by atoms with Gasteiger partial charge in [0.15, 0.2) is 0 Å². The van der Waals surface area contributed by atoms with E-state index in [0.29, 0.717) is 37.1 Å². The van der Waals surface area contributed by atoms with Gasteiger partial charge < -0.3 is 23.9 Å². The molecule has 0 saturated carbocycles. The molecule has 0 atom stereocenters. The number of benzene rings is 2. The zero-order valence-corrected chi connectivity index (χ0v) is 28.3. The molecule has 240 valence electrons. The third kappa shape index (κ3) is 7.65. The molecule has 3 aromatic heterocycles. The summed E-state index contributed by atoms with van der Waals surface area (Å²) in [6, 6.07) is 24.0. The number of carbonyl (C=O) groups is 1. The molecule has 0 aliphatic carbocycles. The van der Waals surface area contributed by atoms with Gasteiger partial charge in [0.05, 0.1) is 25.3 Å². The number of methoxy groups -OCH3 is 2. The van der Waals surface area contributed by atoms with Crippen molar-refractivity contribution < 1.29 is 24.1 Å². The summed E-state index contributed by atoms with van der Waals surface area (Å²) >= 11 is 1.76. The van der Waals surface area contributed by atoms with E-state index in [2.05, 4.69) is 71.7 Å². The van der Waals surface area contributed by atoms with E-state index in [9.17, 15) is 9.90 Å². The van der Waals surface area contributed by atoms with E-state index >= 15 is 0 Å². The topological polar surface area (TPSA) is 95.7 Å². The van der Waals surface area contributed by atoms with Crippen LogP contribution in [0.4, 0.5) is 0 Å². The van der Waals surface area contributed by atoms with Crippen molar-refractivity contribution >= 4 is 28.6 Å². The van der Waals surface area contributed by atoms with Gasteiger partial charge in [0.2, 0.25) is 11.8 Å². The number of thioether (sulfide) groups is 1. The van der Waals surface area contributed by atoms with Crippen molar-refractivity contribution in [1.82, 2.24) is 14.5 Å². The predicted molar refractivity (Wildman–Crippen MR) is 183 cm³/mol. The number of carboxylic acids is 1. The Morgan fingerprint density at radius 3 is 2.24 bits per heavy atom. The molecular formula is C37H41N3O5S. The van der Waals surface area contributed by atoms with Gasteiger partial charge in [-0.1, -0.05) is 51.1 Å².